The zero-order valence-electron chi connectivity index (χ0n) is 16.0. The predicted octanol–water partition coefficient (Wildman–Crippen LogP) is 3.82. The molecule has 0 N–H and O–H groups in total. The molecule has 2 aromatic rings. The molecular weight excluding hydrogens is 344 g/mol. The molecule has 5 nitrogen and oxygen atoms in total. The van der Waals surface area contributed by atoms with Crippen molar-refractivity contribution >= 4 is 16.8 Å². The monoisotopic (exact) mass is 370 g/mol. The standard InChI is InChI=1S/C22H26O5/c1-22(2)12-14(9-10-26-22)19(23)13-25-15-7-8-17-16-5-3-4-6-18(16)21(24)27-20(17)11-15/h7-8,11,14H,3-6,9-10,12-13H2,1-2H3/t14-/m0/s1. The second kappa shape index (κ2) is 7.12. The minimum absolute atomic E-state index is 0.0286. The highest BCUT2D eigenvalue weighted by Crippen LogP contribution is 2.31. The zero-order valence-corrected chi connectivity index (χ0v) is 16.0. The molecular formula is C22H26O5. The number of Topliss-reactive ketones (excluding diaryl/α,β-unsaturated/α-hetero) is 1. The number of benzene rings is 1. The van der Waals surface area contributed by atoms with Gasteiger partial charge in [-0.1, -0.05) is 0 Å². The minimum Gasteiger partial charge on any atom is -0.486 e. The topological polar surface area (TPSA) is 65.7 Å². The van der Waals surface area contributed by atoms with Crippen LogP contribution < -0.4 is 10.4 Å². The van der Waals surface area contributed by atoms with Gasteiger partial charge < -0.3 is 13.9 Å². The summed E-state index contributed by atoms with van der Waals surface area (Å²) < 4.78 is 16.9. The summed E-state index contributed by atoms with van der Waals surface area (Å²) in [5, 5.41) is 0.981. The third-order valence-corrected chi connectivity index (χ3v) is 5.73. The van der Waals surface area contributed by atoms with Crippen molar-refractivity contribution in [3.05, 3.63) is 39.7 Å². The number of fused-ring (bicyclic) bond motifs is 3. The molecule has 0 spiro atoms. The van der Waals surface area contributed by atoms with Crippen LogP contribution in [0.15, 0.2) is 27.4 Å². The normalized spacial score (nSPS) is 21.6. The van der Waals surface area contributed by atoms with Crippen molar-refractivity contribution in [3.8, 4) is 5.75 Å². The molecule has 1 fully saturated rings. The molecule has 2 aliphatic rings. The fourth-order valence-electron chi connectivity index (χ4n) is 4.29. The molecule has 0 radical (unpaired) electrons. The van der Waals surface area contributed by atoms with Crippen LogP contribution in [0.2, 0.25) is 0 Å². The average molecular weight is 370 g/mol. The lowest BCUT2D eigenvalue weighted by molar-refractivity contribution is -0.135. The highest BCUT2D eigenvalue weighted by molar-refractivity contribution is 5.84. The highest BCUT2D eigenvalue weighted by atomic mass is 16.5. The molecule has 27 heavy (non-hydrogen) atoms. The number of carbonyl (C=O) groups is 1. The number of aryl methyl sites for hydroxylation is 1. The van der Waals surface area contributed by atoms with Crippen LogP contribution in [0.25, 0.3) is 11.0 Å². The summed E-state index contributed by atoms with van der Waals surface area (Å²) in [7, 11) is 0. The Labute approximate surface area is 158 Å². The molecule has 1 aliphatic carbocycles. The molecule has 4 rings (SSSR count). The number of ether oxygens (including phenoxy) is 2. The Morgan fingerprint density at radius 1 is 1.22 bits per heavy atom. The van der Waals surface area contributed by atoms with Crippen molar-refractivity contribution in [1.29, 1.82) is 0 Å². The maximum Gasteiger partial charge on any atom is 0.339 e. The van der Waals surface area contributed by atoms with E-state index in [1.807, 2.05) is 26.0 Å². The van der Waals surface area contributed by atoms with E-state index in [1.54, 1.807) is 6.07 Å². The van der Waals surface area contributed by atoms with Gasteiger partial charge in [0.1, 0.15) is 17.9 Å². The van der Waals surface area contributed by atoms with Crippen molar-refractivity contribution < 1.29 is 18.7 Å². The Morgan fingerprint density at radius 2 is 2.00 bits per heavy atom. The average Bonchev–Trinajstić information content (AvgIpc) is 2.65. The molecule has 1 aromatic heterocycles. The predicted molar refractivity (Wildman–Crippen MR) is 102 cm³/mol. The summed E-state index contributed by atoms with van der Waals surface area (Å²) in [5.74, 6) is 0.624. The molecule has 1 aromatic carbocycles. The van der Waals surface area contributed by atoms with Crippen LogP contribution in [-0.4, -0.2) is 24.6 Å². The van der Waals surface area contributed by atoms with Gasteiger partial charge in [-0.2, -0.15) is 0 Å². The summed E-state index contributed by atoms with van der Waals surface area (Å²) in [4.78, 5) is 24.8. The van der Waals surface area contributed by atoms with Crippen LogP contribution in [-0.2, 0) is 22.4 Å². The van der Waals surface area contributed by atoms with Crippen LogP contribution in [0, 0.1) is 5.92 Å². The lowest BCUT2D eigenvalue weighted by Crippen LogP contribution is -2.38. The van der Waals surface area contributed by atoms with Crippen LogP contribution in [0.5, 0.6) is 5.75 Å². The van der Waals surface area contributed by atoms with Gasteiger partial charge in [-0.05, 0) is 70.1 Å². The van der Waals surface area contributed by atoms with Crippen molar-refractivity contribution in [3.63, 3.8) is 0 Å². The molecule has 1 aliphatic heterocycles. The Hall–Kier alpha value is -2.14. The summed E-state index contributed by atoms with van der Waals surface area (Å²) in [6.07, 6.45) is 5.30. The van der Waals surface area contributed by atoms with E-state index in [9.17, 15) is 9.59 Å². The summed E-state index contributed by atoms with van der Waals surface area (Å²) in [5.41, 5.74) is 1.97. The third kappa shape index (κ3) is 3.79. The first-order valence-corrected chi connectivity index (χ1v) is 9.81. The Kier molecular flexibility index (Phi) is 4.81. The Morgan fingerprint density at radius 3 is 2.78 bits per heavy atom. The first-order valence-electron chi connectivity index (χ1n) is 9.81. The van der Waals surface area contributed by atoms with E-state index in [2.05, 4.69) is 0 Å². The van der Waals surface area contributed by atoms with Gasteiger partial charge in [-0.3, -0.25) is 4.79 Å². The molecule has 0 saturated carbocycles. The van der Waals surface area contributed by atoms with Crippen molar-refractivity contribution in [1.82, 2.24) is 0 Å². The van der Waals surface area contributed by atoms with Gasteiger partial charge in [0.25, 0.3) is 0 Å². The Bertz CT molecular complexity index is 924. The maximum atomic E-state index is 12.5. The maximum absolute atomic E-state index is 12.5. The van der Waals surface area contributed by atoms with Gasteiger partial charge >= 0.3 is 5.63 Å². The number of ketones is 1. The molecule has 1 atom stereocenters. The van der Waals surface area contributed by atoms with E-state index in [0.717, 1.165) is 48.6 Å². The highest BCUT2D eigenvalue weighted by Gasteiger charge is 2.32. The first kappa shape index (κ1) is 18.2. The van der Waals surface area contributed by atoms with Gasteiger partial charge in [0, 0.05) is 29.5 Å². The molecule has 0 unspecified atom stereocenters. The van der Waals surface area contributed by atoms with E-state index >= 15 is 0 Å². The molecule has 1 saturated heterocycles. The largest absolute Gasteiger partial charge is 0.486 e. The van der Waals surface area contributed by atoms with Crippen LogP contribution in [0.3, 0.4) is 0 Å². The number of hydrogen-bond donors (Lipinski definition) is 0. The minimum atomic E-state index is -0.260. The fraction of sp³-hybridized carbons (Fsp3) is 0.545. The lowest BCUT2D eigenvalue weighted by Gasteiger charge is -2.34. The van der Waals surface area contributed by atoms with Gasteiger partial charge in [0.2, 0.25) is 0 Å². The molecule has 0 amide bonds. The van der Waals surface area contributed by atoms with E-state index in [0.29, 0.717) is 24.4 Å². The van der Waals surface area contributed by atoms with Crippen molar-refractivity contribution in [2.75, 3.05) is 13.2 Å². The smallest absolute Gasteiger partial charge is 0.339 e. The van der Waals surface area contributed by atoms with Crippen LogP contribution >= 0.6 is 0 Å². The van der Waals surface area contributed by atoms with Gasteiger partial charge in [0.15, 0.2) is 5.78 Å². The first-order chi connectivity index (χ1) is 12.9. The van der Waals surface area contributed by atoms with E-state index in [-0.39, 0.29) is 29.5 Å². The van der Waals surface area contributed by atoms with Crippen LogP contribution in [0.4, 0.5) is 0 Å². The molecule has 0 bridgehead atoms. The quantitative estimate of drug-likeness (QED) is 0.766. The van der Waals surface area contributed by atoms with Crippen LogP contribution in [0.1, 0.15) is 50.7 Å². The molecule has 2 heterocycles. The summed E-state index contributed by atoms with van der Waals surface area (Å²) >= 11 is 0. The third-order valence-electron chi connectivity index (χ3n) is 5.73. The summed E-state index contributed by atoms with van der Waals surface area (Å²) in [6.45, 7) is 4.66. The van der Waals surface area contributed by atoms with Gasteiger partial charge in [-0.25, -0.2) is 4.79 Å². The van der Waals surface area contributed by atoms with E-state index < -0.39 is 0 Å². The number of hydrogen-bond acceptors (Lipinski definition) is 5. The molecule has 5 heteroatoms. The SMILES string of the molecule is CC1(C)C[C@@H](C(=O)COc2ccc3c4c(c(=O)oc3c2)CCCC4)CCO1. The molecule has 144 valence electrons. The van der Waals surface area contributed by atoms with Gasteiger partial charge in [-0.15, -0.1) is 0 Å². The number of carbonyl (C=O) groups excluding carboxylic acids is 1. The summed E-state index contributed by atoms with van der Waals surface area (Å²) in [6, 6.07) is 5.53. The fourth-order valence-corrected chi connectivity index (χ4v) is 4.29. The zero-order chi connectivity index (χ0) is 19.0. The van der Waals surface area contributed by atoms with E-state index in [1.165, 1.54) is 0 Å². The van der Waals surface area contributed by atoms with Crippen molar-refractivity contribution in [2.45, 2.75) is 58.0 Å². The second-order valence-corrected chi connectivity index (χ2v) is 8.26. The number of rotatable bonds is 4. The van der Waals surface area contributed by atoms with Crippen molar-refractivity contribution in [2.24, 2.45) is 5.92 Å². The van der Waals surface area contributed by atoms with E-state index in [4.69, 9.17) is 13.9 Å². The lowest BCUT2D eigenvalue weighted by atomic mass is 9.86. The second-order valence-electron chi connectivity index (χ2n) is 8.26. The Balaban J connectivity index is 1.50. The van der Waals surface area contributed by atoms with Gasteiger partial charge in [0.05, 0.1) is 5.60 Å².